The molecule has 0 heterocycles. The highest BCUT2D eigenvalue weighted by Crippen LogP contribution is 2.16. The molecule has 2 aromatic rings. The van der Waals surface area contributed by atoms with Crippen molar-refractivity contribution in [3.8, 4) is 11.8 Å². The van der Waals surface area contributed by atoms with Gasteiger partial charge in [0.1, 0.15) is 16.9 Å². The lowest BCUT2D eigenvalue weighted by Crippen LogP contribution is -2.09. The molecule has 23 heavy (non-hydrogen) atoms. The summed E-state index contributed by atoms with van der Waals surface area (Å²) in [6.07, 6.45) is 0. The predicted molar refractivity (Wildman–Crippen MR) is 95.1 cm³/mol. The maximum atomic E-state index is 9.16. The summed E-state index contributed by atoms with van der Waals surface area (Å²) >= 11 is 1.27. The average Bonchev–Trinajstić information content (AvgIpc) is 2.62. The SMILES string of the molecule is COc1ccc(N/N=C(/C#N)C(=N)SCc2ccccc2)cc1. The van der Waals surface area contributed by atoms with Crippen LogP contribution in [0.25, 0.3) is 0 Å². The van der Waals surface area contributed by atoms with Gasteiger partial charge in [0.15, 0.2) is 5.71 Å². The smallest absolute Gasteiger partial charge is 0.192 e. The number of benzene rings is 2. The highest BCUT2D eigenvalue weighted by molar-refractivity contribution is 8.15. The van der Waals surface area contributed by atoms with E-state index in [9.17, 15) is 0 Å². The second-order valence-corrected chi connectivity index (χ2v) is 5.50. The molecule has 2 rings (SSSR count). The third-order valence-corrected chi connectivity index (χ3v) is 3.89. The summed E-state index contributed by atoms with van der Waals surface area (Å²) in [5.74, 6) is 1.37. The van der Waals surface area contributed by atoms with Crippen molar-refractivity contribution in [2.75, 3.05) is 12.5 Å². The zero-order valence-electron chi connectivity index (χ0n) is 12.6. The first-order chi connectivity index (χ1) is 11.2. The number of anilines is 1. The Morgan fingerprint density at radius 3 is 2.52 bits per heavy atom. The van der Waals surface area contributed by atoms with E-state index in [1.54, 1.807) is 31.4 Å². The molecule has 0 atom stereocenters. The van der Waals surface area contributed by atoms with Crippen LogP contribution in [-0.2, 0) is 5.75 Å². The highest BCUT2D eigenvalue weighted by Gasteiger charge is 2.08. The van der Waals surface area contributed by atoms with Crippen molar-refractivity contribution >= 4 is 28.2 Å². The lowest BCUT2D eigenvalue weighted by molar-refractivity contribution is 0.415. The van der Waals surface area contributed by atoms with Gasteiger partial charge in [-0.3, -0.25) is 10.8 Å². The summed E-state index contributed by atoms with van der Waals surface area (Å²) in [6, 6.07) is 18.9. The number of hydrazone groups is 1. The van der Waals surface area contributed by atoms with Crippen molar-refractivity contribution in [1.82, 2.24) is 0 Å². The fourth-order valence-corrected chi connectivity index (χ4v) is 2.44. The number of rotatable bonds is 6. The Hall–Kier alpha value is -2.78. The summed E-state index contributed by atoms with van der Waals surface area (Å²) in [5.41, 5.74) is 4.66. The van der Waals surface area contributed by atoms with Crippen molar-refractivity contribution in [1.29, 1.82) is 10.7 Å². The topological polar surface area (TPSA) is 81.3 Å². The largest absolute Gasteiger partial charge is 0.497 e. The van der Waals surface area contributed by atoms with Crippen LogP contribution in [0.3, 0.4) is 0 Å². The first-order valence-corrected chi connectivity index (χ1v) is 7.85. The standard InChI is InChI=1S/C17H16N4OS/c1-22-15-9-7-14(8-10-15)20-21-16(11-18)17(19)23-12-13-5-3-2-4-6-13/h2-10,19-20H,12H2,1H3/b19-17?,21-16-. The van der Waals surface area contributed by atoms with Crippen LogP contribution in [0.2, 0.25) is 0 Å². The third kappa shape index (κ3) is 5.16. The van der Waals surface area contributed by atoms with E-state index in [-0.39, 0.29) is 10.8 Å². The van der Waals surface area contributed by atoms with E-state index < -0.39 is 0 Å². The summed E-state index contributed by atoms with van der Waals surface area (Å²) in [4.78, 5) is 0. The highest BCUT2D eigenvalue weighted by atomic mass is 32.2. The zero-order chi connectivity index (χ0) is 16.5. The molecule has 0 fully saturated rings. The predicted octanol–water partition coefficient (Wildman–Crippen LogP) is 3.90. The van der Waals surface area contributed by atoms with Gasteiger partial charge in [0.2, 0.25) is 0 Å². The first-order valence-electron chi connectivity index (χ1n) is 6.86. The summed E-state index contributed by atoms with van der Waals surface area (Å²) in [7, 11) is 1.60. The molecule has 0 aromatic heterocycles. The lowest BCUT2D eigenvalue weighted by Gasteiger charge is -2.05. The number of nitriles is 1. The van der Waals surface area contributed by atoms with E-state index in [0.717, 1.165) is 17.0 Å². The minimum absolute atomic E-state index is 0.0572. The van der Waals surface area contributed by atoms with Crippen molar-refractivity contribution in [3.05, 3.63) is 60.2 Å². The molecule has 0 bridgehead atoms. The summed E-state index contributed by atoms with van der Waals surface area (Å²) in [6.45, 7) is 0. The van der Waals surface area contributed by atoms with Crippen LogP contribution in [0.15, 0.2) is 59.7 Å². The number of thioether (sulfide) groups is 1. The Morgan fingerprint density at radius 1 is 1.22 bits per heavy atom. The molecule has 2 N–H and O–H groups in total. The van der Waals surface area contributed by atoms with Crippen LogP contribution in [0.5, 0.6) is 5.75 Å². The molecule has 0 radical (unpaired) electrons. The van der Waals surface area contributed by atoms with Crippen LogP contribution >= 0.6 is 11.8 Å². The second-order valence-electron chi connectivity index (χ2n) is 4.52. The van der Waals surface area contributed by atoms with Gasteiger partial charge in [0.25, 0.3) is 0 Å². The molecule has 2 aromatic carbocycles. The van der Waals surface area contributed by atoms with E-state index in [0.29, 0.717) is 5.75 Å². The molecule has 0 saturated carbocycles. The van der Waals surface area contributed by atoms with Crippen LogP contribution in [-0.4, -0.2) is 17.9 Å². The van der Waals surface area contributed by atoms with Crippen LogP contribution in [0.4, 0.5) is 5.69 Å². The maximum Gasteiger partial charge on any atom is 0.192 e. The van der Waals surface area contributed by atoms with E-state index in [1.807, 2.05) is 36.4 Å². The van der Waals surface area contributed by atoms with E-state index in [2.05, 4.69) is 10.5 Å². The molecule has 0 saturated heterocycles. The number of hydrogen-bond acceptors (Lipinski definition) is 6. The Labute approximate surface area is 139 Å². The van der Waals surface area contributed by atoms with Gasteiger partial charge in [-0.15, -0.1) is 0 Å². The van der Waals surface area contributed by atoms with Gasteiger partial charge in [-0.25, -0.2) is 0 Å². The fraction of sp³-hybridized carbons (Fsp3) is 0.118. The van der Waals surface area contributed by atoms with Gasteiger partial charge >= 0.3 is 0 Å². The monoisotopic (exact) mass is 324 g/mol. The maximum absolute atomic E-state index is 9.16. The number of ether oxygens (including phenoxy) is 1. The van der Waals surface area contributed by atoms with Gasteiger partial charge in [-0.05, 0) is 29.8 Å². The minimum atomic E-state index is 0.0572. The number of nitrogens with zero attached hydrogens (tertiary/aromatic N) is 2. The summed E-state index contributed by atoms with van der Waals surface area (Å²) < 4.78 is 5.07. The first kappa shape index (κ1) is 16.6. The molecule has 6 heteroatoms. The molecular weight excluding hydrogens is 308 g/mol. The van der Waals surface area contributed by atoms with Crippen LogP contribution in [0, 0.1) is 16.7 Å². The van der Waals surface area contributed by atoms with Gasteiger partial charge in [0, 0.05) is 5.75 Å². The Kier molecular flexibility index (Phi) is 6.21. The fourth-order valence-electron chi connectivity index (χ4n) is 1.71. The van der Waals surface area contributed by atoms with Gasteiger partial charge in [-0.2, -0.15) is 10.4 Å². The van der Waals surface area contributed by atoms with E-state index in [4.69, 9.17) is 15.4 Å². The van der Waals surface area contributed by atoms with Crippen molar-refractivity contribution in [2.45, 2.75) is 5.75 Å². The molecule has 0 amide bonds. The molecule has 116 valence electrons. The minimum Gasteiger partial charge on any atom is -0.497 e. The zero-order valence-corrected chi connectivity index (χ0v) is 13.4. The van der Waals surface area contributed by atoms with Gasteiger partial charge in [0.05, 0.1) is 12.8 Å². The quantitative estimate of drug-likeness (QED) is 0.480. The molecule has 0 aliphatic rings. The lowest BCUT2D eigenvalue weighted by atomic mass is 10.2. The van der Waals surface area contributed by atoms with Crippen molar-refractivity contribution in [2.24, 2.45) is 5.10 Å². The molecule has 0 aliphatic carbocycles. The normalized spacial score (nSPS) is 10.7. The molecular formula is C17H16N4OS. The van der Waals surface area contributed by atoms with Crippen molar-refractivity contribution < 1.29 is 4.74 Å². The molecule has 0 aliphatic heterocycles. The van der Waals surface area contributed by atoms with Crippen LogP contribution < -0.4 is 10.2 Å². The van der Waals surface area contributed by atoms with Gasteiger partial charge in [-0.1, -0.05) is 42.1 Å². The van der Waals surface area contributed by atoms with E-state index >= 15 is 0 Å². The Balaban J connectivity index is 1.94. The Morgan fingerprint density at radius 2 is 1.91 bits per heavy atom. The number of methoxy groups -OCH3 is 1. The second kappa shape index (κ2) is 8.61. The van der Waals surface area contributed by atoms with Crippen molar-refractivity contribution in [3.63, 3.8) is 0 Å². The summed E-state index contributed by atoms with van der Waals surface area (Å²) in [5, 5.41) is 21.3. The van der Waals surface area contributed by atoms with E-state index in [1.165, 1.54) is 11.8 Å². The molecule has 5 nitrogen and oxygen atoms in total. The third-order valence-electron chi connectivity index (χ3n) is 2.93. The van der Waals surface area contributed by atoms with Crippen LogP contribution in [0.1, 0.15) is 5.56 Å². The Bertz CT molecular complexity index is 721. The number of nitrogens with one attached hydrogen (secondary N) is 2. The molecule has 0 spiro atoms. The van der Waals surface area contributed by atoms with Gasteiger partial charge < -0.3 is 4.74 Å². The number of hydrogen-bond donors (Lipinski definition) is 2. The molecule has 0 unspecified atom stereocenters. The average molecular weight is 324 g/mol.